The second-order valence-electron chi connectivity index (χ2n) is 9.75. The minimum absolute atomic E-state index is 0.0185. The lowest BCUT2D eigenvalue weighted by atomic mass is 9.91. The summed E-state index contributed by atoms with van der Waals surface area (Å²) in [6, 6.07) is 4.74. The van der Waals surface area contributed by atoms with Crippen molar-refractivity contribution in [1.29, 1.82) is 0 Å². The topological polar surface area (TPSA) is 130 Å². The predicted molar refractivity (Wildman–Crippen MR) is 146 cm³/mol. The molecule has 0 saturated heterocycles. The number of carbonyl (C=O) groups excluding carboxylic acids is 1. The first-order valence-corrected chi connectivity index (χ1v) is 14.1. The molecule has 2 N–H and O–H groups in total. The summed E-state index contributed by atoms with van der Waals surface area (Å²) in [5.74, 6) is 1.46. The van der Waals surface area contributed by atoms with E-state index in [9.17, 15) is 13.2 Å². The van der Waals surface area contributed by atoms with Gasteiger partial charge in [0.25, 0.3) is 5.91 Å². The van der Waals surface area contributed by atoms with Crippen molar-refractivity contribution in [2.45, 2.75) is 61.9 Å². The Kier molecular flexibility index (Phi) is 8.15. The lowest BCUT2D eigenvalue weighted by Crippen LogP contribution is -2.40. The molecule has 11 heteroatoms. The highest BCUT2D eigenvalue weighted by Crippen LogP contribution is 2.33. The number of nitrogens with zero attached hydrogens (tertiary/aromatic N) is 4. The number of anilines is 2. The third kappa shape index (κ3) is 5.72. The van der Waals surface area contributed by atoms with Gasteiger partial charge >= 0.3 is 0 Å². The molecule has 202 valence electrons. The van der Waals surface area contributed by atoms with Gasteiger partial charge in [-0.25, -0.2) is 18.4 Å². The molecule has 0 bridgehead atoms. The van der Waals surface area contributed by atoms with Crippen LogP contribution in [0.4, 0.5) is 11.8 Å². The van der Waals surface area contributed by atoms with Crippen LogP contribution in [0.5, 0.6) is 0 Å². The van der Waals surface area contributed by atoms with Crippen LogP contribution in [0.1, 0.15) is 58.2 Å². The molecule has 4 rings (SSSR count). The molecule has 1 amide bonds. The zero-order valence-corrected chi connectivity index (χ0v) is 23.0. The van der Waals surface area contributed by atoms with Crippen LogP contribution >= 0.6 is 0 Å². The van der Waals surface area contributed by atoms with Crippen molar-refractivity contribution in [3.63, 3.8) is 0 Å². The molecule has 1 unspecified atom stereocenters. The summed E-state index contributed by atoms with van der Waals surface area (Å²) in [7, 11) is -0.154. The van der Waals surface area contributed by atoms with Gasteiger partial charge in [0.1, 0.15) is 16.8 Å². The number of hydrogen-bond acceptors (Lipinski definition) is 9. The fourth-order valence-corrected chi connectivity index (χ4v) is 6.55. The van der Waals surface area contributed by atoms with Gasteiger partial charge in [-0.2, -0.15) is 4.98 Å². The summed E-state index contributed by atoms with van der Waals surface area (Å²) in [6.45, 7) is 7.37. The number of aromatic nitrogens is 3. The molecular formula is C27H34N6O4S. The number of furan rings is 1. The van der Waals surface area contributed by atoms with Crippen LogP contribution in [0.3, 0.4) is 0 Å². The van der Waals surface area contributed by atoms with E-state index in [4.69, 9.17) is 4.42 Å². The van der Waals surface area contributed by atoms with Crippen LogP contribution in [0.15, 0.2) is 59.0 Å². The van der Waals surface area contributed by atoms with Crippen LogP contribution in [-0.4, -0.2) is 55.5 Å². The molecule has 1 fully saturated rings. The van der Waals surface area contributed by atoms with Crippen LogP contribution in [0.2, 0.25) is 0 Å². The van der Waals surface area contributed by atoms with Crippen LogP contribution in [0, 0.1) is 13.8 Å². The lowest BCUT2D eigenvalue weighted by molar-refractivity contribution is 0.0922. The van der Waals surface area contributed by atoms with E-state index in [2.05, 4.69) is 32.2 Å². The molecule has 0 aromatic carbocycles. The molecule has 38 heavy (non-hydrogen) atoms. The third-order valence-electron chi connectivity index (χ3n) is 6.80. The molecule has 3 aromatic heterocycles. The van der Waals surface area contributed by atoms with Gasteiger partial charge in [0, 0.05) is 49.7 Å². The summed E-state index contributed by atoms with van der Waals surface area (Å²) < 4.78 is 32.4. The monoisotopic (exact) mass is 538 g/mol. The minimum atomic E-state index is -4.05. The number of nitrogens with one attached hydrogen (secondary N) is 2. The highest BCUT2D eigenvalue weighted by molar-refractivity contribution is 7.91. The summed E-state index contributed by atoms with van der Waals surface area (Å²) in [4.78, 5) is 28.3. The van der Waals surface area contributed by atoms with E-state index in [1.54, 1.807) is 25.3 Å². The molecule has 0 radical (unpaired) electrons. The van der Waals surface area contributed by atoms with Crippen molar-refractivity contribution < 1.29 is 17.6 Å². The van der Waals surface area contributed by atoms with Crippen LogP contribution in [0.25, 0.3) is 0 Å². The van der Waals surface area contributed by atoms with Crippen molar-refractivity contribution in [2.24, 2.45) is 0 Å². The first kappa shape index (κ1) is 27.3. The quantitative estimate of drug-likeness (QED) is 0.388. The van der Waals surface area contributed by atoms with Gasteiger partial charge in [0.05, 0.1) is 11.8 Å². The predicted octanol–water partition coefficient (Wildman–Crippen LogP) is 4.00. The number of amides is 1. The Morgan fingerprint density at radius 1 is 1.16 bits per heavy atom. The highest BCUT2D eigenvalue weighted by atomic mass is 32.2. The fourth-order valence-electron chi connectivity index (χ4n) is 4.80. The van der Waals surface area contributed by atoms with E-state index >= 15 is 0 Å². The third-order valence-corrected chi connectivity index (χ3v) is 8.78. The van der Waals surface area contributed by atoms with Gasteiger partial charge in [-0.3, -0.25) is 4.79 Å². The van der Waals surface area contributed by atoms with E-state index < -0.39 is 21.0 Å². The molecule has 0 aliphatic heterocycles. The van der Waals surface area contributed by atoms with Gasteiger partial charge in [0.2, 0.25) is 15.8 Å². The fraction of sp³-hybridized carbons (Fsp3) is 0.407. The van der Waals surface area contributed by atoms with E-state index in [1.807, 2.05) is 25.9 Å². The van der Waals surface area contributed by atoms with Crippen molar-refractivity contribution in [3.8, 4) is 0 Å². The second kappa shape index (κ2) is 11.3. The molecule has 10 nitrogen and oxygen atoms in total. The summed E-state index contributed by atoms with van der Waals surface area (Å²) in [6.07, 6.45) is 9.05. The molecule has 0 spiro atoms. The van der Waals surface area contributed by atoms with Gasteiger partial charge in [-0.15, -0.1) is 6.58 Å². The lowest BCUT2D eigenvalue weighted by Gasteiger charge is -2.30. The van der Waals surface area contributed by atoms with Gasteiger partial charge in [0.15, 0.2) is 5.03 Å². The van der Waals surface area contributed by atoms with E-state index in [0.717, 1.165) is 37.1 Å². The largest absolute Gasteiger partial charge is 0.469 e. The normalized spacial score (nSPS) is 18.4. The van der Waals surface area contributed by atoms with Crippen molar-refractivity contribution in [2.75, 3.05) is 24.3 Å². The summed E-state index contributed by atoms with van der Waals surface area (Å²) in [5, 5.41) is 5.07. The number of rotatable bonds is 9. The zero-order valence-electron chi connectivity index (χ0n) is 22.1. The average Bonchev–Trinajstić information content (AvgIpc) is 3.31. The zero-order chi connectivity index (χ0) is 27.4. The van der Waals surface area contributed by atoms with Gasteiger partial charge in [-0.1, -0.05) is 6.08 Å². The number of carbonyl (C=O) groups is 1. The molecule has 1 aliphatic carbocycles. The number of aryl methyl sites for hydroxylation is 2. The summed E-state index contributed by atoms with van der Waals surface area (Å²) in [5.41, 5.74) is 1.49. The van der Waals surface area contributed by atoms with E-state index in [0.29, 0.717) is 17.3 Å². The maximum atomic E-state index is 13.6. The standard InChI is InChI=1S/C27H34N6O4S/c1-6-23(21-13-15-37-18(21)3)38(35,36)26-22(8-7-14-28-26)25(34)30-19-9-11-20(12-10-19)31-27-29-16-17(2)24(32-27)33(4)5/h6-8,13-16,19-20,23H,1,9-12H2,2-5H3,(H,30,34)(H,29,31,32). The first-order chi connectivity index (χ1) is 18.1. The second-order valence-corrected chi connectivity index (χ2v) is 11.7. The molecule has 1 atom stereocenters. The smallest absolute Gasteiger partial charge is 0.254 e. The van der Waals surface area contributed by atoms with E-state index in [-0.39, 0.29) is 22.7 Å². The van der Waals surface area contributed by atoms with Crippen molar-refractivity contribution in [3.05, 3.63) is 72.0 Å². The SMILES string of the molecule is C=CC(c1ccoc1C)S(=O)(=O)c1ncccc1C(=O)NC1CCC(Nc2ncc(C)c(N(C)C)n2)CC1. The Morgan fingerprint density at radius 3 is 2.50 bits per heavy atom. The number of sulfone groups is 1. The van der Waals surface area contributed by atoms with Crippen molar-refractivity contribution >= 4 is 27.5 Å². The van der Waals surface area contributed by atoms with Gasteiger partial charge in [-0.05, 0) is 57.7 Å². The molecule has 3 heterocycles. The van der Waals surface area contributed by atoms with Gasteiger partial charge < -0.3 is 20.0 Å². The van der Waals surface area contributed by atoms with Crippen molar-refractivity contribution in [1.82, 2.24) is 20.3 Å². The maximum absolute atomic E-state index is 13.6. The van der Waals surface area contributed by atoms with Crippen LogP contribution in [-0.2, 0) is 9.84 Å². The first-order valence-electron chi connectivity index (χ1n) is 12.6. The Bertz CT molecular complexity index is 1410. The average molecular weight is 539 g/mol. The maximum Gasteiger partial charge on any atom is 0.254 e. The van der Waals surface area contributed by atoms with E-state index in [1.165, 1.54) is 24.6 Å². The molecule has 1 aliphatic rings. The Labute approximate surface area is 223 Å². The Morgan fingerprint density at radius 2 is 1.87 bits per heavy atom. The minimum Gasteiger partial charge on any atom is -0.469 e. The van der Waals surface area contributed by atoms with Crippen LogP contribution < -0.4 is 15.5 Å². The molecule has 1 saturated carbocycles. The Balaban J connectivity index is 1.43. The number of pyridine rings is 1. The summed E-state index contributed by atoms with van der Waals surface area (Å²) >= 11 is 0. The highest BCUT2D eigenvalue weighted by Gasteiger charge is 2.34. The molecule has 3 aromatic rings. The molecular weight excluding hydrogens is 504 g/mol. The Hall–Kier alpha value is -3.73. The number of hydrogen-bond donors (Lipinski definition) is 2.